The standard InChI is InChI=1S/C29H34B2O2S2/c1-20(2)6-5-7-21(3)16-17-33-27-19-22(8-10-24-12-14-28(30)34-24)26(32-4)18-23(27)9-11-25-13-15-29(31)35-25/h8-15,18-21H,5-7,16-17H2,1-4H3/b10-8+,11-9+. The van der Waals surface area contributed by atoms with Crippen molar-refractivity contribution >= 4 is 72.2 Å². The molecule has 1 unspecified atom stereocenters. The molecule has 0 aliphatic heterocycles. The molecule has 0 amide bonds. The van der Waals surface area contributed by atoms with Crippen LogP contribution in [0.1, 0.15) is 67.3 Å². The maximum atomic E-state index is 6.35. The summed E-state index contributed by atoms with van der Waals surface area (Å²) in [4.78, 5) is 2.20. The fourth-order valence-corrected chi connectivity index (χ4v) is 5.16. The zero-order valence-electron chi connectivity index (χ0n) is 21.3. The van der Waals surface area contributed by atoms with Gasteiger partial charge in [-0.2, -0.15) is 22.7 Å². The maximum Gasteiger partial charge on any atom is 0.128 e. The SMILES string of the molecule is [B]c1ccc(/C=C/c2cc(OCCC(C)CCCC(C)C)c(/C=C/c3ccc([B])s3)cc2OC)s1. The largest absolute Gasteiger partial charge is 0.496 e. The molecule has 35 heavy (non-hydrogen) atoms. The second-order valence-electron chi connectivity index (χ2n) is 9.35. The molecule has 1 atom stereocenters. The Morgan fingerprint density at radius 3 is 1.86 bits per heavy atom. The highest BCUT2D eigenvalue weighted by Gasteiger charge is 2.11. The summed E-state index contributed by atoms with van der Waals surface area (Å²) in [6.07, 6.45) is 13.1. The van der Waals surface area contributed by atoms with E-state index >= 15 is 0 Å². The van der Waals surface area contributed by atoms with Crippen molar-refractivity contribution in [2.24, 2.45) is 11.8 Å². The van der Waals surface area contributed by atoms with E-state index in [2.05, 4.69) is 51.1 Å². The zero-order valence-corrected chi connectivity index (χ0v) is 22.9. The average molecular weight is 500 g/mol. The number of rotatable bonds is 13. The van der Waals surface area contributed by atoms with Crippen LogP contribution in [0.15, 0.2) is 36.4 Å². The predicted octanol–water partition coefficient (Wildman–Crippen LogP) is 6.98. The third-order valence-corrected chi connectivity index (χ3v) is 7.62. The Hall–Kier alpha value is -2.17. The fourth-order valence-electron chi connectivity index (χ4n) is 3.80. The van der Waals surface area contributed by atoms with E-state index < -0.39 is 0 Å². The molecule has 0 aliphatic carbocycles. The number of benzene rings is 1. The summed E-state index contributed by atoms with van der Waals surface area (Å²) in [6, 6.07) is 12.0. The number of methoxy groups -OCH3 is 1. The van der Waals surface area contributed by atoms with Gasteiger partial charge in [-0.1, -0.05) is 52.2 Å². The van der Waals surface area contributed by atoms with Crippen molar-refractivity contribution in [1.82, 2.24) is 0 Å². The molecule has 3 rings (SSSR count). The summed E-state index contributed by atoms with van der Waals surface area (Å²) in [7, 11) is 13.5. The third kappa shape index (κ3) is 9.09. The van der Waals surface area contributed by atoms with Gasteiger partial charge in [-0.05, 0) is 76.4 Å². The van der Waals surface area contributed by atoms with Crippen molar-refractivity contribution in [3.8, 4) is 11.5 Å². The highest BCUT2D eigenvalue weighted by molar-refractivity contribution is 7.21. The van der Waals surface area contributed by atoms with E-state index in [-0.39, 0.29) is 0 Å². The smallest absolute Gasteiger partial charge is 0.128 e. The zero-order chi connectivity index (χ0) is 25.2. The van der Waals surface area contributed by atoms with Gasteiger partial charge in [-0.15, -0.1) is 0 Å². The minimum atomic E-state index is 0.642. The van der Waals surface area contributed by atoms with Gasteiger partial charge in [0, 0.05) is 20.9 Å². The fraction of sp³-hybridized carbons (Fsp3) is 0.379. The van der Waals surface area contributed by atoms with Gasteiger partial charge in [0.1, 0.15) is 27.2 Å². The molecule has 0 saturated carbocycles. The minimum absolute atomic E-state index is 0.642. The molecule has 0 aliphatic rings. The van der Waals surface area contributed by atoms with E-state index in [1.54, 1.807) is 29.8 Å². The first kappa shape index (κ1) is 27.4. The first-order chi connectivity index (χ1) is 16.8. The van der Waals surface area contributed by atoms with E-state index in [0.717, 1.165) is 54.3 Å². The van der Waals surface area contributed by atoms with Crippen molar-refractivity contribution in [1.29, 1.82) is 0 Å². The van der Waals surface area contributed by atoms with Crippen LogP contribution in [0.3, 0.4) is 0 Å². The van der Waals surface area contributed by atoms with Gasteiger partial charge in [0.05, 0.1) is 13.7 Å². The van der Waals surface area contributed by atoms with Crippen molar-refractivity contribution in [3.05, 3.63) is 57.3 Å². The van der Waals surface area contributed by atoms with Crippen LogP contribution < -0.4 is 19.0 Å². The van der Waals surface area contributed by atoms with Crippen LogP contribution in [-0.4, -0.2) is 29.4 Å². The number of hydrogen-bond donors (Lipinski definition) is 0. The molecular formula is C29H34B2O2S2. The Morgan fingerprint density at radius 2 is 1.34 bits per heavy atom. The average Bonchev–Trinajstić information content (AvgIpc) is 3.43. The molecule has 0 saturated heterocycles. The normalized spacial score (nSPS) is 12.7. The first-order valence-electron chi connectivity index (χ1n) is 12.3. The molecule has 2 aromatic heterocycles. The Morgan fingerprint density at radius 1 is 0.771 bits per heavy atom. The van der Waals surface area contributed by atoms with Crippen molar-refractivity contribution in [3.63, 3.8) is 0 Å². The van der Waals surface area contributed by atoms with E-state index in [1.807, 2.05) is 30.3 Å². The maximum absolute atomic E-state index is 6.35. The second kappa shape index (κ2) is 13.8. The van der Waals surface area contributed by atoms with Crippen molar-refractivity contribution < 1.29 is 9.47 Å². The molecule has 4 radical (unpaired) electrons. The van der Waals surface area contributed by atoms with Gasteiger partial charge in [0.2, 0.25) is 0 Å². The van der Waals surface area contributed by atoms with Crippen LogP contribution in [0, 0.1) is 11.8 Å². The molecule has 0 bridgehead atoms. The van der Waals surface area contributed by atoms with Gasteiger partial charge in [-0.3, -0.25) is 0 Å². The number of ether oxygens (including phenoxy) is 2. The molecule has 1 aromatic carbocycles. The van der Waals surface area contributed by atoms with Gasteiger partial charge >= 0.3 is 0 Å². The summed E-state index contributed by atoms with van der Waals surface area (Å²) < 4.78 is 13.7. The lowest BCUT2D eigenvalue weighted by Gasteiger charge is -2.16. The Labute approximate surface area is 221 Å². The Balaban J connectivity index is 1.79. The summed E-state index contributed by atoms with van der Waals surface area (Å²) in [5, 5.41) is 0. The first-order valence-corrected chi connectivity index (χ1v) is 13.9. The molecule has 0 N–H and O–H groups in total. The molecule has 3 aromatic rings. The highest BCUT2D eigenvalue weighted by atomic mass is 32.1. The van der Waals surface area contributed by atoms with E-state index in [0.29, 0.717) is 12.5 Å². The third-order valence-electron chi connectivity index (χ3n) is 5.86. The molecular weight excluding hydrogens is 466 g/mol. The van der Waals surface area contributed by atoms with Crippen LogP contribution in [0.2, 0.25) is 0 Å². The van der Waals surface area contributed by atoms with Gasteiger partial charge in [0.15, 0.2) is 0 Å². The molecule has 180 valence electrons. The lowest BCUT2D eigenvalue weighted by atomic mass is 9.98. The number of thiophene rings is 2. The quantitative estimate of drug-likeness (QED) is 0.236. The molecule has 0 fully saturated rings. The second-order valence-corrected chi connectivity index (χ2v) is 11.6. The van der Waals surface area contributed by atoms with Crippen molar-refractivity contribution in [2.75, 3.05) is 13.7 Å². The van der Waals surface area contributed by atoms with Crippen LogP contribution >= 0.6 is 22.7 Å². The Kier molecular flexibility index (Phi) is 10.8. The topological polar surface area (TPSA) is 18.5 Å². The van der Waals surface area contributed by atoms with Crippen LogP contribution in [0.4, 0.5) is 0 Å². The lowest BCUT2D eigenvalue weighted by molar-refractivity contribution is 0.275. The monoisotopic (exact) mass is 500 g/mol. The van der Waals surface area contributed by atoms with E-state index in [1.165, 1.54) is 19.3 Å². The van der Waals surface area contributed by atoms with Gasteiger partial charge in [-0.25, -0.2) is 0 Å². The molecule has 0 spiro atoms. The summed E-state index contributed by atoms with van der Waals surface area (Å²) in [5.74, 6) is 3.06. The minimum Gasteiger partial charge on any atom is -0.496 e. The lowest BCUT2D eigenvalue weighted by Crippen LogP contribution is -2.06. The van der Waals surface area contributed by atoms with Crippen LogP contribution in [0.5, 0.6) is 11.5 Å². The highest BCUT2D eigenvalue weighted by Crippen LogP contribution is 2.33. The van der Waals surface area contributed by atoms with Crippen LogP contribution in [-0.2, 0) is 0 Å². The molecule has 2 nitrogen and oxygen atoms in total. The summed E-state index contributed by atoms with van der Waals surface area (Å²) in [6.45, 7) is 7.58. The van der Waals surface area contributed by atoms with E-state index in [9.17, 15) is 0 Å². The summed E-state index contributed by atoms with van der Waals surface area (Å²) in [5.41, 5.74) is 1.95. The predicted molar refractivity (Wildman–Crippen MR) is 158 cm³/mol. The molecule has 6 heteroatoms. The van der Waals surface area contributed by atoms with Gasteiger partial charge in [0.25, 0.3) is 0 Å². The summed E-state index contributed by atoms with van der Waals surface area (Å²) >= 11 is 3.12. The van der Waals surface area contributed by atoms with Crippen LogP contribution in [0.25, 0.3) is 24.3 Å². The van der Waals surface area contributed by atoms with Crippen molar-refractivity contribution in [2.45, 2.75) is 46.5 Å². The van der Waals surface area contributed by atoms with E-state index in [4.69, 9.17) is 25.2 Å². The molecule has 2 heterocycles. The van der Waals surface area contributed by atoms with Gasteiger partial charge < -0.3 is 9.47 Å². The number of hydrogen-bond acceptors (Lipinski definition) is 4. The Bertz CT molecular complexity index is 1130.